The number of aliphatic hydroxyl groups is 1. The number of amides is 2. The number of nitrogens with zero attached hydrogens (tertiary/aromatic N) is 1. The molecule has 0 spiro atoms. The summed E-state index contributed by atoms with van der Waals surface area (Å²) in [7, 11) is 0. The van der Waals surface area contributed by atoms with Crippen molar-refractivity contribution in [2.75, 3.05) is 19.8 Å². The van der Waals surface area contributed by atoms with Crippen LogP contribution in [0.15, 0.2) is 78.9 Å². The smallest absolute Gasteiger partial charge is 0.261 e. The van der Waals surface area contributed by atoms with E-state index >= 15 is 0 Å². The number of carbonyl (C=O) groups is 2. The largest absolute Gasteiger partial charge is 0.482 e. The number of hydrogen-bond donors (Lipinski definition) is 2. The summed E-state index contributed by atoms with van der Waals surface area (Å²) in [4.78, 5) is 28.0. The van der Waals surface area contributed by atoms with Crippen LogP contribution in [0.5, 0.6) is 5.75 Å². The average molecular weight is 501 g/mol. The van der Waals surface area contributed by atoms with Crippen molar-refractivity contribution in [3.05, 3.63) is 100 Å². The quantitative estimate of drug-likeness (QED) is 0.415. The number of hydrogen-bond acceptors (Lipinski definition) is 4. The summed E-state index contributed by atoms with van der Waals surface area (Å²) >= 11 is 12.2. The fourth-order valence-electron chi connectivity index (χ4n) is 3.42. The minimum atomic E-state index is -0.827. The van der Waals surface area contributed by atoms with Crippen molar-refractivity contribution >= 4 is 35.0 Å². The molecule has 0 aliphatic rings. The van der Waals surface area contributed by atoms with Crippen LogP contribution in [0.25, 0.3) is 0 Å². The van der Waals surface area contributed by atoms with Gasteiger partial charge in [0, 0.05) is 24.5 Å². The van der Waals surface area contributed by atoms with Crippen molar-refractivity contribution in [2.24, 2.45) is 0 Å². The average Bonchev–Trinajstić information content (AvgIpc) is 2.85. The number of aliphatic hydroxyl groups excluding tert-OH is 1. The molecule has 3 rings (SSSR count). The van der Waals surface area contributed by atoms with Crippen LogP contribution in [0, 0.1) is 0 Å². The van der Waals surface area contributed by atoms with E-state index in [1.807, 2.05) is 42.5 Å². The molecular formula is C26H26Cl2N2O4. The molecule has 1 atom stereocenters. The maximum absolute atomic E-state index is 13.4. The molecule has 3 aromatic carbocycles. The molecule has 0 radical (unpaired) electrons. The van der Waals surface area contributed by atoms with Crippen LogP contribution in [0.3, 0.4) is 0 Å². The van der Waals surface area contributed by atoms with Crippen LogP contribution >= 0.6 is 23.2 Å². The molecule has 0 saturated carbocycles. The van der Waals surface area contributed by atoms with Gasteiger partial charge in [-0.3, -0.25) is 9.59 Å². The van der Waals surface area contributed by atoms with Gasteiger partial charge in [-0.05, 0) is 35.4 Å². The molecule has 0 aromatic heterocycles. The minimum absolute atomic E-state index is 0.0865. The fourth-order valence-corrected chi connectivity index (χ4v) is 3.74. The van der Waals surface area contributed by atoms with Crippen LogP contribution < -0.4 is 10.1 Å². The highest BCUT2D eigenvalue weighted by atomic mass is 35.5. The van der Waals surface area contributed by atoms with E-state index in [1.54, 1.807) is 36.4 Å². The normalized spacial score (nSPS) is 11.5. The highest BCUT2D eigenvalue weighted by Crippen LogP contribution is 2.23. The van der Waals surface area contributed by atoms with Gasteiger partial charge in [-0.1, -0.05) is 77.8 Å². The third-order valence-corrected chi connectivity index (χ3v) is 5.70. The molecule has 0 unspecified atom stereocenters. The predicted molar refractivity (Wildman–Crippen MR) is 133 cm³/mol. The Kier molecular flexibility index (Phi) is 9.76. The first kappa shape index (κ1) is 25.6. The number of halogens is 2. The molecule has 34 heavy (non-hydrogen) atoms. The number of rotatable bonds is 11. The van der Waals surface area contributed by atoms with Crippen molar-refractivity contribution in [1.82, 2.24) is 10.2 Å². The lowest BCUT2D eigenvalue weighted by atomic mass is 10.0. The van der Waals surface area contributed by atoms with E-state index < -0.39 is 6.04 Å². The molecule has 0 bridgehead atoms. The second-order valence-electron chi connectivity index (χ2n) is 7.59. The van der Waals surface area contributed by atoms with Crippen molar-refractivity contribution in [2.45, 2.75) is 19.0 Å². The zero-order chi connectivity index (χ0) is 24.3. The molecular weight excluding hydrogens is 475 g/mol. The van der Waals surface area contributed by atoms with Gasteiger partial charge in [-0.15, -0.1) is 0 Å². The summed E-state index contributed by atoms with van der Waals surface area (Å²) in [5, 5.41) is 12.9. The van der Waals surface area contributed by atoms with E-state index in [-0.39, 0.29) is 38.1 Å². The van der Waals surface area contributed by atoms with Gasteiger partial charge in [-0.2, -0.15) is 0 Å². The van der Waals surface area contributed by atoms with Crippen LogP contribution in [0.1, 0.15) is 11.1 Å². The molecule has 3 aromatic rings. The van der Waals surface area contributed by atoms with E-state index in [4.69, 9.17) is 27.9 Å². The van der Waals surface area contributed by atoms with Crippen LogP contribution in [0.4, 0.5) is 0 Å². The van der Waals surface area contributed by atoms with Gasteiger partial charge in [0.25, 0.3) is 5.91 Å². The summed E-state index contributed by atoms with van der Waals surface area (Å²) in [6.07, 6.45) is 0.295. The third kappa shape index (κ3) is 7.48. The lowest BCUT2D eigenvalue weighted by molar-refractivity contribution is -0.142. The first-order chi connectivity index (χ1) is 16.5. The summed E-state index contributed by atoms with van der Waals surface area (Å²) in [5.41, 5.74) is 1.70. The van der Waals surface area contributed by atoms with E-state index in [2.05, 4.69) is 5.32 Å². The minimum Gasteiger partial charge on any atom is -0.482 e. The van der Waals surface area contributed by atoms with Gasteiger partial charge in [0.1, 0.15) is 11.8 Å². The van der Waals surface area contributed by atoms with Gasteiger partial charge in [0.05, 0.1) is 11.6 Å². The second-order valence-corrected chi connectivity index (χ2v) is 8.43. The summed E-state index contributed by atoms with van der Waals surface area (Å²) in [6, 6.07) is 22.6. The van der Waals surface area contributed by atoms with Gasteiger partial charge < -0.3 is 20.1 Å². The maximum Gasteiger partial charge on any atom is 0.261 e. The Morgan fingerprint density at radius 2 is 1.59 bits per heavy atom. The first-order valence-corrected chi connectivity index (χ1v) is 11.6. The second kappa shape index (κ2) is 13.0. The Morgan fingerprint density at radius 3 is 2.26 bits per heavy atom. The van der Waals surface area contributed by atoms with Gasteiger partial charge >= 0.3 is 0 Å². The Bertz CT molecular complexity index is 1080. The number of benzene rings is 3. The predicted octanol–water partition coefficient (Wildman–Crippen LogP) is 4.12. The van der Waals surface area contributed by atoms with Crippen LogP contribution in [0.2, 0.25) is 10.0 Å². The molecule has 2 amide bonds. The van der Waals surface area contributed by atoms with Crippen molar-refractivity contribution in [3.63, 3.8) is 0 Å². The Labute approximate surface area is 209 Å². The fraction of sp³-hybridized carbons (Fsp3) is 0.231. The monoisotopic (exact) mass is 500 g/mol. The molecule has 0 fully saturated rings. The summed E-state index contributed by atoms with van der Waals surface area (Å²) in [6.45, 7) is -0.240. The maximum atomic E-state index is 13.4. The molecule has 8 heteroatoms. The topological polar surface area (TPSA) is 78.9 Å². The third-order valence-electron chi connectivity index (χ3n) is 5.14. The van der Waals surface area contributed by atoms with E-state index in [1.165, 1.54) is 4.90 Å². The summed E-state index contributed by atoms with van der Waals surface area (Å²) in [5.74, 6) is -0.360. The van der Waals surface area contributed by atoms with Gasteiger partial charge in [0.15, 0.2) is 6.61 Å². The van der Waals surface area contributed by atoms with Gasteiger partial charge in [0.2, 0.25) is 5.91 Å². The standard InChI is InChI=1S/C26H26Cl2N2O4/c27-21-12-10-20(11-13-21)17-30(25(32)18-34-24-9-5-4-8-22(24)28)23(26(33)29-14-15-31)16-19-6-2-1-3-7-19/h1-13,23,31H,14-18H2,(H,29,33)/t23-/m0/s1. The van der Waals surface area contributed by atoms with Crippen molar-refractivity contribution < 1.29 is 19.4 Å². The van der Waals surface area contributed by atoms with Crippen molar-refractivity contribution in [1.29, 1.82) is 0 Å². The first-order valence-electron chi connectivity index (χ1n) is 10.8. The molecule has 0 saturated heterocycles. The van der Waals surface area contributed by atoms with Crippen LogP contribution in [-0.2, 0) is 22.6 Å². The molecule has 2 N–H and O–H groups in total. The van der Waals surface area contributed by atoms with E-state index in [9.17, 15) is 14.7 Å². The van der Waals surface area contributed by atoms with Gasteiger partial charge in [-0.25, -0.2) is 0 Å². The number of nitrogens with one attached hydrogen (secondary N) is 1. The molecule has 0 aliphatic carbocycles. The zero-order valence-corrected chi connectivity index (χ0v) is 20.0. The Balaban J connectivity index is 1.89. The SMILES string of the molecule is O=C(NCCO)[C@H](Cc1ccccc1)N(Cc1ccc(Cl)cc1)C(=O)COc1ccccc1Cl. The molecule has 0 heterocycles. The molecule has 0 aliphatic heterocycles. The number of carbonyl (C=O) groups excluding carboxylic acids is 2. The Morgan fingerprint density at radius 1 is 0.912 bits per heavy atom. The molecule has 6 nitrogen and oxygen atoms in total. The lowest BCUT2D eigenvalue weighted by Gasteiger charge is -2.31. The van der Waals surface area contributed by atoms with E-state index in [0.29, 0.717) is 22.2 Å². The zero-order valence-electron chi connectivity index (χ0n) is 18.5. The van der Waals surface area contributed by atoms with E-state index in [0.717, 1.165) is 11.1 Å². The van der Waals surface area contributed by atoms with Crippen molar-refractivity contribution in [3.8, 4) is 5.75 Å². The molecule has 178 valence electrons. The number of para-hydroxylation sites is 1. The Hall–Kier alpha value is -3.06. The highest BCUT2D eigenvalue weighted by Gasteiger charge is 2.30. The summed E-state index contributed by atoms with van der Waals surface area (Å²) < 4.78 is 5.68. The highest BCUT2D eigenvalue weighted by molar-refractivity contribution is 6.32. The van der Waals surface area contributed by atoms with Crippen LogP contribution in [-0.4, -0.2) is 47.6 Å². The lowest BCUT2D eigenvalue weighted by Crippen LogP contribution is -2.52. The number of ether oxygens (including phenoxy) is 1.